The van der Waals surface area contributed by atoms with E-state index >= 15 is 0 Å². The van der Waals surface area contributed by atoms with Crippen molar-refractivity contribution in [1.29, 1.82) is 0 Å². The summed E-state index contributed by atoms with van der Waals surface area (Å²) < 4.78 is 18.8. The van der Waals surface area contributed by atoms with Crippen molar-refractivity contribution < 1.29 is 13.9 Å². The van der Waals surface area contributed by atoms with E-state index in [4.69, 9.17) is 13.9 Å². The van der Waals surface area contributed by atoms with Gasteiger partial charge in [-0.2, -0.15) is 0 Å². The number of aromatic nitrogens is 3. The zero-order chi connectivity index (χ0) is 20.8. The molecule has 0 aliphatic rings. The highest BCUT2D eigenvalue weighted by molar-refractivity contribution is 7.98. The largest absolute Gasteiger partial charge is 0.497 e. The van der Waals surface area contributed by atoms with Crippen molar-refractivity contribution in [2.24, 2.45) is 0 Å². The zero-order valence-electron chi connectivity index (χ0n) is 16.9. The first-order valence-corrected chi connectivity index (χ1v) is 10.7. The van der Waals surface area contributed by atoms with Crippen LogP contribution >= 0.6 is 11.8 Å². The lowest BCUT2D eigenvalue weighted by Gasteiger charge is -2.11. The number of methoxy groups -OCH3 is 1. The number of hydrogen-bond acceptors (Lipinski definition) is 6. The van der Waals surface area contributed by atoms with E-state index in [0.29, 0.717) is 13.2 Å². The summed E-state index contributed by atoms with van der Waals surface area (Å²) in [5.74, 6) is 4.02. The van der Waals surface area contributed by atoms with Crippen LogP contribution in [0.4, 0.5) is 0 Å². The second-order valence-corrected chi connectivity index (χ2v) is 7.48. The molecule has 4 aromatic rings. The molecular formula is C23H23N3O3S. The molecule has 0 N–H and O–H groups in total. The van der Waals surface area contributed by atoms with Gasteiger partial charge in [-0.1, -0.05) is 42.1 Å². The Morgan fingerprint density at radius 3 is 2.73 bits per heavy atom. The highest BCUT2D eigenvalue weighted by Crippen LogP contribution is 2.31. The van der Waals surface area contributed by atoms with E-state index < -0.39 is 0 Å². The number of para-hydroxylation sites is 1. The Kier molecular flexibility index (Phi) is 6.39. The van der Waals surface area contributed by atoms with Crippen molar-refractivity contribution in [3.05, 3.63) is 78.3 Å². The van der Waals surface area contributed by atoms with Crippen LogP contribution in [0, 0.1) is 0 Å². The van der Waals surface area contributed by atoms with Crippen molar-refractivity contribution in [3.8, 4) is 22.9 Å². The highest BCUT2D eigenvalue weighted by Gasteiger charge is 2.17. The third kappa shape index (κ3) is 4.52. The van der Waals surface area contributed by atoms with E-state index in [9.17, 15) is 0 Å². The molecule has 0 spiro atoms. The number of rotatable bonds is 9. The summed E-state index contributed by atoms with van der Waals surface area (Å²) in [6.07, 6.45) is 1.68. The molecule has 0 amide bonds. The van der Waals surface area contributed by atoms with E-state index in [1.54, 1.807) is 25.1 Å². The van der Waals surface area contributed by atoms with Crippen molar-refractivity contribution in [3.63, 3.8) is 0 Å². The van der Waals surface area contributed by atoms with Gasteiger partial charge in [0.2, 0.25) is 0 Å². The molecular weight excluding hydrogens is 398 g/mol. The van der Waals surface area contributed by atoms with Gasteiger partial charge in [0.05, 0.1) is 26.5 Å². The van der Waals surface area contributed by atoms with E-state index in [1.165, 1.54) is 0 Å². The summed E-state index contributed by atoms with van der Waals surface area (Å²) in [4.78, 5) is 0. The first kappa shape index (κ1) is 20.1. The minimum absolute atomic E-state index is 0.544. The SMILES string of the molecule is CCOc1ccccc1CSc1nnc(-c2cccc(OC)c2)n1Cc1ccco1. The minimum atomic E-state index is 0.544. The lowest BCUT2D eigenvalue weighted by molar-refractivity contribution is 0.337. The summed E-state index contributed by atoms with van der Waals surface area (Å²) in [7, 11) is 1.66. The molecule has 0 fully saturated rings. The summed E-state index contributed by atoms with van der Waals surface area (Å²) in [6.45, 7) is 3.17. The molecule has 0 saturated heterocycles. The Labute approximate surface area is 179 Å². The molecule has 4 rings (SSSR count). The van der Waals surface area contributed by atoms with E-state index in [0.717, 1.165) is 45.1 Å². The van der Waals surface area contributed by atoms with Crippen LogP contribution in [0.15, 0.2) is 76.5 Å². The Bertz CT molecular complexity index is 1090. The maximum absolute atomic E-state index is 5.76. The van der Waals surface area contributed by atoms with Crippen LogP contribution in [0.1, 0.15) is 18.2 Å². The summed E-state index contributed by atoms with van der Waals surface area (Å²) in [6, 6.07) is 19.7. The number of benzene rings is 2. The molecule has 0 aliphatic carbocycles. The smallest absolute Gasteiger partial charge is 0.192 e. The third-order valence-corrected chi connectivity index (χ3v) is 5.58. The Morgan fingerprint density at radius 1 is 1.03 bits per heavy atom. The van der Waals surface area contributed by atoms with Gasteiger partial charge in [0.15, 0.2) is 11.0 Å². The average Bonchev–Trinajstić information content (AvgIpc) is 3.44. The monoisotopic (exact) mass is 421 g/mol. The van der Waals surface area contributed by atoms with Gasteiger partial charge in [-0.25, -0.2) is 0 Å². The molecule has 7 heteroatoms. The van der Waals surface area contributed by atoms with Gasteiger partial charge < -0.3 is 13.9 Å². The molecule has 2 heterocycles. The van der Waals surface area contributed by atoms with Crippen LogP contribution in [0.2, 0.25) is 0 Å². The van der Waals surface area contributed by atoms with Crippen molar-refractivity contribution >= 4 is 11.8 Å². The van der Waals surface area contributed by atoms with Crippen molar-refractivity contribution in [2.75, 3.05) is 13.7 Å². The number of furan rings is 1. The molecule has 0 bridgehead atoms. The number of ether oxygens (including phenoxy) is 2. The molecule has 154 valence electrons. The lowest BCUT2D eigenvalue weighted by atomic mass is 10.2. The Hall–Kier alpha value is -3.19. The molecule has 0 aliphatic heterocycles. The van der Waals surface area contributed by atoms with Gasteiger partial charge >= 0.3 is 0 Å². The Morgan fingerprint density at radius 2 is 1.93 bits per heavy atom. The highest BCUT2D eigenvalue weighted by atomic mass is 32.2. The summed E-state index contributed by atoms with van der Waals surface area (Å²) >= 11 is 1.62. The molecule has 0 unspecified atom stereocenters. The normalized spacial score (nSPS) is 10.9. The quantitative estimate of drug-likeness (QED) is 0.342. The standard InChI is InChI=1S/C23H23N3O3S/c1-3-28-21-12-5-4-8-18(21)16-30-23-25-24-22(17-9-6-10-19(14-17)27-2)26(23)15-20-11-7-13-29-20/h4-14H,3,15-16H2,1-2H3. The van der Waals surface area contributed by atoms with Gasteiger partial charge in [-0.15, -0.1) is 10.2 Å². The first-order chi connectivity index (χ1) is 14.8. The number of hydrogen-bond donors (Lipinski definition) is 0. The van der Waals surface area contributed by atoms with Gasteiger partial charge in [0.1, 0.15) is 17.3 Å². The molecule has 2 aromatic carbocycles. The lowest BCUT2D eigenvalue weighted by Crippen LogP contribution is -2.04. The predicted octanol–water partition coefficient (Wildman–Crippen LogP) is 5.29. The van der Waals surface area contributed by atoms with E-state index in [-0.39, 0.29) is 0 Å². The molecule has 6 nitrogen and oxygen atoms in total. The summed E-state index contributed by atoms with van der Waals surface area (Å²) in [5.41, 5.74) is 2.06. The molecule has 0 saturated carbocycles. The van der Waals surface area contributed by atoms with Crippen LogP contribution in [-0.4, -0.2) is 28.5 Å². The fourth-order valence-corrected chi connectivity index (χ4v) is 4.06. The average molecular weight is 422 g/mol. The zero-order valence-corrected chi connectivity index (χ0v) is 17.8. The van der Waals surface area contributed by atoms with E-state index in [2.05, 4.69) is 20.8 Å². The van der Waals surface area contributed by atoms with Gasteiger partial charge in [0.25, 0.3) is 0 Å². The maximum Gasteiger partial charge on any atom is 0.192 e. The number of thioether (sulfide) groups is 1. The second kappa shape index (κ2) is 9.54. The van der Waals surface area contributed by atoms with Gasteiger partial charge in [-0.05, 0) is 37.3 Å². The van der Waals surface area contributed by atoms with Crippen LogP contribution in [0.25, 0.3) is 11.4 Å². The van der Waals surface area contributed by atoms with Crippen LogP contribution in [0.5, 0.6) is 11.5 Å². The maximum atomic E-state index is 5.76. The Balaban J connectivity index is 1.65. The van der Waals surface area contributed by atoms with Gasteiger partial charge in [0, 0.05) is 16.9 Å². The molecule has 2 aromatic heterocycles. The molecule has 0 atom stereocenters. The number of nitrogens with zero attached hydrogens (tertiary/aromatic N) is 3. The van der Waals surface area contributed by atoms with Crippen LogP contribution < -0.4 is 9.47 Å². The van der Waals surface area contributed by atoms with Crippen LogP contribution in [-0.2, 0) is 12.3 Å². The fourth-order valence-electron chi connectivity index (χ4n) is 3.13. The minimum Gasteiger partial charge on any atom is -0.497 e. The van der Waals surface area contributed by atoms with Crippen LogP contribution in [0.3, 0.4) is 0 Å². The van der Waals surface area contributed by atoms with Gasteiger partial charge in [-0.3, -0.25) is 4.57 Å². The van der Waals surface area contributed by atoms with Crippen molar-refractivity contribution in [2.45, 2.75) is 24.4 Å². The second-order valence-electron chi connectivity index (χ2n) is 6.53. The first-order valence-electron chi connectivity index (χ1n) is 9.72. The van der Waals surface area contributed by atoms with E-state index in [1.807, 2.05) is 61.5 Å². The topological polar surface area (TPSA) is 62.3 Å². The predicted molar refractivity (Wildman–Crippen MR) is 117 cm³/mol. The third-order valence-electron chi connectivity index (χ3n) is 4.57. The molecule has 0 radical (unpaired) electrons. The van der Waals surface area contributed by atoms with Crippen molar-refractivity contribution in [1.82, 2.24) is 14.8 Å². The summed E-state index contributed by atoms with van der Waals surface area (Å²) in [5, 5.41) is 9.76. The fraction of sp³-hybridized carbons (Fsp3) is 0.217. The molecule has 30 heavy (non-hydrogen) atoms.